The van der Waals surface area contributed by atoms with E-state index in [1.165, 1.54) is 0 Å². The van der Waals surface area contributed by atoms with Gasteiger partial charge in [0.25, 0.3) is 0 Å². The number of carbonyl (C=O) groups excluding carboxylic acids is 1. The lowest BCUT2D eigenvalue weighted by molar-refractivity contribution is 0.101. The standard InChI is InChI=1S/C14H22O2Si/c1-5-17(6-2,7-3)16-14-10-8-9-13(11-14)12(4)15/h8-11H,5-7H2,1-4H3. The molecule has 0 spiro atoms. The molecule has 1 rings (SSSR count). The molecule has 0 amide bonds. The molecule has 3 heteroatoms. The van der Waals surface area contributed by atoms with E-state index in [-0.39, 0.29) is 5.78 Å². The highest BCUT2D eigenvalue weighted by Gasteiger charge is 2.30. The van der Waals surface area contributed by atoms with E-state index in [1.54, 1.807) is 6.92 Å². The lowest BCUT2D eigenvalue weighted by Crippen LogP contribution is -2.39. The van der Waals surface area contributed by atoms with Gasteiger partial charge < -0.3 is 4.43 Å². The third-order valence-electron chi connectivity index (χ3n) is 3.51. The van der Waals surface area contributed by atoms with Gasteiger partial charge in [0.15, 0.2) is 5.78 Å². The molecular formula is C14H22O2Si. The van der Waals surface area contributed by atoms with Gasteiger partial charge in [0.2, 0.25) is 8.32 Å². The van der Waals surface area contributed by atoms with Crippen LogP contribution in [0.3, 0.4) is 0 Å². The Morgan fingerprint density at radius 3 is 2.24 bits per heavy atom. The number of rotatable bonds is 6. The summed E-state index contributed by atoms with van der Waals surface area (Å²) in [6.07, 6.45) is 0. The summed E-state index contributed by atoms with van der Waals surface area (Å²) in [5.41, 5.74) is 0.730. The third-order valence-corrected chi connectivity index (χ3v) is 8.04. The highest BCUT2D eigenvalue weighted by atomic mass is 28.4. The molecule has 17 heavy (non-hydrogen) atoms. The van der Waals surface area contributed by atoms with Gasteiger partial charge in [-0.25, -0.2) is 0 Å². The van der Waals surface area contributed by atoms with E-state index in [1.807, 2.05) is 24.3 Å². The predicted octanol–water partition coefficient (Wildman–Crippen LogP) is 4.27. The molecule has 0 atom stereocenters. The van der Waals surface area contributed by atoms with Gasteiger partial charge in [0.1, 0.15) is 5.75 Å². The quantitative estimate of drug-likeness (QED) is 0.556. The van der Waals surface area contributed by atoms with Crippen LogP contribution in [0.5, 0.6) is 5.75 Å². The monoisotopic (exact) mass is 250 g/mol. The van der Waals surface area contributed by atoms with Crippen LogP contribution in [0.25, 0.3) is 0 Å². The van der Waals surface area contributed by atoms with Crippen LogP contribution in [-0.2, 0) is 0 Å². The van der Waals surface area contributed by atoms with Gasteiger partial charge in [-0.15, -0.1) is 0 Å². The minimum atomic E-state index is -1.63. The maximum atomic E-state index is 11.3. The number of hydrogen-bond donors (Lipinski definition) is 0. The van der Waals surface area contributed by atoms with Crippen molar-refractivity contribution in [3.8, 4) is 5.75 Å². The van der Waals surface area contributed by atoms with Crippen molar-refractivity contribution in [2.45, 2.75) is 45.8 Å². The molecule has 0 saturated carbocycles. The largest absolute Gasteiger partial charge is 0.543 e. The van der Waals surface area contributed by atoms with E-state index in [0.29, 0.717) is 0 Å². The average molecular weight is 250 g/mol. The Balaban J connectivity index is 2.93. The van der Waals surface area contributed by atoms with Crippen LogP contribution < -0.4 is 4.43 Å². The van der Waals surface area contributed by atoms with Crippen molar-refractivity contribution in [3.63, 3.8) is 0 Å². The summed E-state index contributed by atoms with van der Waals surface area (Å²) in [6, 6.07) is 10.9. The smallest absolute Gasteiger partial charge is 0.250 e. The summed E-state index contributed by atoms with van der Waals surface area (Å²) in [6.45, 7) is 8.19. The zero-order chi connectivity index (χ0) is 12.9. The van der Waals surface area contributed by atoms with Crippen LogP contribution in [0, 0.1) is 0 Å². The molecule has 0 N–H and O–H groups in total. The predicted molar refractivity (Wildman–Crippen MR) is 74.3 cm³/mol. The molecule has 0 aromatic heterocycles. The Morgan fingerprint density at radius 1 is 1.18 bits per heavy atom. The van der Waals surface area contributed by atoms with E-state index in [0.717, 1.165) is 29.4 Å². The van der Waals surface area contributed by atoms with Crippen molar-refractivity contribution in [1.29, 1.82) is 0 Å². The van der Waals surface area contributed by atoms with E-state index < -0.39 is 8.32 Å². The van der Waals surface area contributed by atoms with Crippen molar-refractivity contribution in [2.75, 3.05) is 0 Å². The van der Waals surface area contributed by atoms with Crippen molar-refractivity contribution in [2.24, 2.45) is 0 Å². The fraction of sp³-hybridized carbons (Fsp3) is 0.500. The maximum absolute atomic E-state index is 11.3. The Morgan fingerprint density at radius 2 is 1.76 bits per heavy atom. The highest BCUT2D eigenvalue weighted by molar-refractivity contribution is 6.74. The molecule has 1 aromatic rings. The topological polar surface area (TPSA) is 26.3 Å². The first-order chi connectivity index (χ1) is 8.06. The minimum absolute atomic E-state index is 0.0900. The Hall–Kier alpha value is -1.09. The molecule has 0 radical (unpaired) electrons. The molecule has 0 fully saturated rings. The number of Topliss-reactive ketones (excluding diaryl/α,β-unsaturated/α-hetero) is 1. The van der Waals surface area contributed by atoms with Gasteiger partial charge in [-0.1, -0.05) is 32.9 Å². The van der Waals surface area contributed by atoms with Crippen LogP contribution in [0.2, 0.25) is 18.1 Å². The van der Waals surface area contributed by atoms with E-state index in [9.17, 15) is 4.79 Å². The molecule has 2 nitrogen and oxygen atoms in total. The van der Waals surface area contributed by atoms with Crippen LogP contribution >= 0.6 is 0 Å². The van der Waals surface area contributed by atoms with Gasteiger partial charge in [-0.2, -0.15) is 0 Å². The molecule has 0 saturated heterocycles. The van der Waals surface area contributed by atoms with Crippen LogP contribution in [0.1, 0.15) is 38.1 Å². The Labute approximate surface area is 105 Å². The SMILES string of the molecule is CC[Si](CC)(CC)Oc1cccc(C(C)=O)c1. The molecule has 0 unspecified atom stereocenters. The Bertz CT molecular complexity index is 375. The maximum Gasteiger partial charge on any atom is 0.250 e. The number of benzene rings is 1. The van der Waals surface area contributed by atoms with E-state index >= 15 is 0 Å². The number of hydrogen-bond acceptors (Lipinski definition) is 2. The summed E-state index contributed by atoms with van der Waals surface area (Å²) >= 11 is 0. The van der Waals surface area contributed by atoms with Gasteiger partial charge >= 0.3 is 0 Å². The zero-order valence-corrected chi connectivity index (χ0v) is 12.2. The van der Waals surface area contributed by atoms with Gasteiger partial charge in [0, 0.05) is 5.56 Å². The number of carbonyl (C=O) groups is 1. The fourth-order valence-electron chi connectivity index (χ4n) is 2.00. The molecule has 0 heterocycles. The summed E-state index contributed by atoms with van der Waals surface area (Å²) in [5.74, 6) is 0.946. The van der Waals surface area contributed by atoms with Gasteiger partial charge in [-0.05, 0) is 37.2 Å². The van der Waals surface area contributed by atoms with Gasteiger partial charge in [-0.3, -0.25) is 4.79 Å². The fourth-order valence-corrected chi connectivity index (χ4v) is 4.56. The lowest BCUT2D eigenvalue weighted by atomic mass is 10.1. The summed E-state index contributed by atoms with van der Waals surface area (Å²) < 4.78 is 6.23. The molecule has 0 bridgehead atoms. The normalized spacial score (nSPS) is 11.3. The molecule has 94 valence electrons. The first kappa shape index (κ1) is 14.0. The molecule has 0 aliphatic carbocycles. The van der Waals surface area contributed by atoms with Crippen molar-refractivity contribution >= 4 is 14.1 Å². The van der Waals surface area contributed by atoms with Crippen LogP contribution in [0.15, 0.2) is 24.3 Å². The summed E-state index contributed by atoms with van der Waals surface area (Å²) in [5, 5.41) is 0. The van der Waals surface area contributed by atoms with Crippen molar-refractivity contribution in [3.05, 3.63) is 29.8 Å². The molecule has 0 aliphatic heterocycles. The molecule has 0 aliphatic rings. The second-order valence-corrected chi connectivity index (χ2v) is 9.12. The Kier molecular flexibility index (Phi) is 4.94. The second kappa shape index (κ2) is 6.01. The minimum Gasteiger partial charge on any atom is -0.543 e. The lowest BCUT2D eigenvalue weighted by Gasteiger charge is -2.29. The van der Waals surface area contributed by atoms with Crippen LogP contribution in [0.4, 0.5) is 0 Å². The average Bonchev–Trinajstić information content (AvgIpc) is 2.36. The van der Waals surface area contributed by atoms with Crippen molar-refractivity contribution in [1.82, 2.24) is 0 Å². The zero-order valence-electron chi connectivity index (χ0n) is 11.2. The second-order valence-electron chi connectivity index (χ2n) is 4.43. The van der Waals surface area contributed by atoms with Crippen LogP contribution in [-0.4, -0.2) is 14.1 Å². The molecule has 1 aromatic carbocycles. The summed E-state index contributed by atoms with van der Waals surface area (Å²) in [4.78, 5) is 11.3. The summed E-state index contributed by atoms with van der Waals surface area (Å²) in [7, 11) is -1.63. The first-order valence-electron chi connectivity index (χ1n) is 6.37. The highest BCUT2D eigenvalue weighted by Crippen LogP contribution is 2.26. The van der Waals surface area contributed by atoms with E-state index in [4.69, 9.17) is 4.43 Å². The molecular weight excluding hydrogens is 228 g/mol. The first-order valence-corrected chi connectivity index (χ1v) is 8.90. The van der Waals surface area contributed by atoms with E-state index in [2.05, 4.69) is 20.8 Å². The number of ketones is 1. The van der Waals surface area contributed by atoms with Crippen molar-refractivity contribution < 1.29 is 9.22 Å². The van der Waals surface area contributed by atoms with Gasteiger partial charge in [0.05, 0.1) is 0 Å². The third kappa shape index (κ3) is 3.43.